The summed E-state index contributed by atoms with van der Waals surface area (Å²) in [7, 11) is 0. The first kappa shape index (κ1) is 13.2. The number of nitrogens with zero attached hydrogens (tertiary/aromatic N) is 1. The molecule has 104 valence electrons. The lowest BCUT2D eigenvalue weighted by molar-refractivity contribution is -0.137. The van der Waals surface area contributed by atoms with Gasteiger partial charge < -0.3 is 0 Å². The maximum atomic E-state index is 12.7. The van der Waals surface area contributed by atoms with Gasteiger partial charge in [0.1, 0.15) is 0 Å². The first-order chi connectivity index (χ1) is 9.45. The minimum Gasteiger partial charge on any atom is -0.253 e. The Kier molecular flexibility index (Phi) is 3.04. The molecule has 1 nitrogen and oxygen atoms in total. The smallest absolute Gasteiger partial charge is 0.253 e. The van der Waals surface area contributed by atoms with Crippen molar-refractivity contribution in [1.82, 2.24) is 4.98 Å². The second-order valence-electron chi connectivity index (χ2n) is 5.22. The van der Waals surface area contributed by atoms with E-state index in [1.807, 2.05) is 19.1 Å². The summed E-state index contributed by atoms with van der Waals surface area (Å²) >= 11 is 0. The largest absolute Gasteiger partial charge is 0.416 e. The predicted molar refractivity (Wildman–Crippen MR) is 71.4 cm³/mol. The van der Waals surface area contributed by atoms with Crippen molar-refractivity contribution in [2.24, 2.45) is 0 Å². The van der Waals surface area contributed by atoms with Crippen LogP contribution in [0, 0.1) is 6.92 Å². The summed E-state index contributed by atoms with van der Waals surface area (Å²) in [5.74, 6) is 0.595. The fraction of sp³-hybridized carbons (Fsp3) is 0.312. The fourth-order valence-electron chi connectivity index (χ4n) is 2.41. The van der Waals surface area contributed by atoms with E-state index in [4.69, 9.17) is 0 Å². The molecular formula is C16H14F3N. The third kappa shape index (κ3) is 2.55. The minimum absolute atomic E-state index is 0.505. The average Bonchev–Trinajstić information content (AvgIpc) is 3.22. The van der Waals surface area contributed by atoms with E-state index in [1.165, 1.54) is 24.5 Å². The molecule has 20 heavy (non-hydrogen) atoms. The van der Waals surface area contributed by atoms with Gasteiger partial charge in [0.15, 0.2) is 0 Å². The summed E-state index contributed by atoms with van der Waals surface area (Å²) in [6, 6.07) is 9.12. The monoisotopic (exact) mass is 277 g/mol. The van der Waals surface area contributed by atoms with Crippen molar-refractivity contribution in [3.8, 4) is 11.3 Å². The number of benzene rings is 1. The summed E-state index contributed by atoms with van der Waals surface area (Å²) in [6.07, 6.45) is -1.95. The van der Waals surface area contributed by atoms with Crippen molar-refractivity contribution >= 4 is 0 Å². The Morgan fingerprint density at radius 1 is 1.10 bits per heavy atom. The topological polar surface area (TPSA) is 12.9 Å². The predicted octanol–water partition coefficient (Wildman–Crippen LogP) is 4.95. The number of pyridine rings is 1. The van der Waals surface area contributed by atoms with Crippen LogP contribution in [-0.4, -0.2) is 4.98 Å². The molecule has 0 radical (unpaired) electrons. The van der Waals surface area contributed by atoms with E-state index < -0.39 is 11.7 Å². The molecule has 0 atom stereocenters. The van der Waals surface area contributed by atoms with E-state index in [9.17, 15) is 13.2 Å². The van der Waals surface area contributed by atoms with Crippen molar-refractivity contribution in [2.75, 3.05) is 0 Å². The molecule has 0 amide bonds. The van der Waals surface area contributed by atoms with Gasteiger partial charge in [-0.25, -0.2) is 0 Å². The molecule has 1 aromatic heterocycles. The van der Waals surface area contributed by atoms with Gasteiger partial charge in [0.2, 0.25) is 0 Å². The van der Waals surface area contributed by atoms with Crippen molar-refractivity contribution in [1.29, 1.82) is 0 Å². The molecule has 0 bridgehead atoms. The molecule has 1 aliphatic carbocycles. The normalized spacial score (nSPS) is 15.4. The minimum atomic E-state index is -4.32. The molecule has 0 spiro atoms. The maximum absolute atomic E-state index is 12.7. The van der Waals surface area contributed by atoms with Crippen LogP contribution in [0.15, 0.2) is 36.4 Å². The van der Waals surface area contributed by atoms with Crippen molar-refractivity contribution < 1.29 is 13.2 Å². The van der Waals surface area contributed by atoms with Gasteiger partial charge in [-0.2, -0.15) is 13.2 Å². The van der Waals surface area contributed by atoms with E-state index in [0.717, 1.165) is 17.8 Å². The Morgan fingerprint density at radius 3 is 2.45 bits per heavy atom. The van der Waals surface area contributed by atoms with Crippen LogP contribution in [-0.2, 0) is 6.18 Å². The number of aromatic nitrogens is 1. The molecule has 0 unspecified atom stereocenters. The summed E-state index contributed by atoms with van der Waals surface area (Å²) in [5.41, 5.74) is 2.60. The molecule has 1 aliphatic rings. The van der Waals surface area contributed by atoms with E-state index in [-0.39, 0.29) is 0 Å². The number of alkyl halides is 3. The zero-order chi connectivity index (χ0) is 14.3. The average molecular weight is 277 g/mol. The Hall–Kier alpha value is -1.84. The van der Waals surface area contributed by atoms with Gasteiger partial charge in [-0.15, -0.1) is 0 Å². The number of hydrogen-bond acceptors (Lipinski definition) is 1. The first-order valence-corrected chi connectivity index (χ1v) is 6.60. The highest BCUT2D eigenvalue weighted by atomic mass is 19.4. The fourth-order valence-corrected chi connectivity index (χ4v) is 2.41. The zero-order valence-electron chi connectivity index (χ0n) is 11.0. The lowest BCUT2D eigenvalue weighted by Crippen LogP contribution is -2.04. The third-order valence-electron chi connectivity index (χ3n) is 3.63. The van der Waals surface area contributed by atoms with Crippen LogP contribution in [0.3, 0.4) is 0 Å². The van der Waals surface area contributed by atoms with Gasteiger partial charge in [0, 0.05) is 11.3 Å². The van der Waals surface area contributed by atoms with Crippen LogP contribution in [0.5, 0.6) is 0 Å². The zero-order valence-corrected chi connectivity index (χ0v) is 11.0. The molecule has 3 rings (SSSR count). The summed E-state index contributed by atoms with van der Waals surface area (Å²) in [4.78, 5) is 4.46. The lowest BCUT2D eigenvalue weighted by atomic mass is 10.0. The molecule has 0 saturated heterocycles. The Bertz CT molecular complexity index is 642. The molecule has 4 heteroatoms. The molecule has 0 N–H and O–H groups in total. The summed E-state index contributed by atoms with van der Waals surface area (Å²) in [5, 5.41) is 0. The number of halogens is 3. The van der Waals surface area contributed by atoms with Crippen molar-refractivity contribution in [2.45, 2.75) is 31.9 Å². The van der Waals surface area contributed by atoms with Crippen LogP contribution in [0.4, 0.5) is 13.2 Å². The van der Waals surface area contributed by atoms with Gasteiger partial charge in [-0.05, 0) is 49.4 Å². The summed E-state index contributed by atoms with van der Waals surface area (Å²) in [6.45, 7) is 1.92. The molecular weight excluding hydrogens is 263 g/mol. The highest BCUT2D eigenvalue weighted by Crippen LogP contribution is 2.41. The molecule has 2 aromatic rings. The Morgan fingerprint density at radius 2 is 1.85 bits per heavy atom. The maximum Gasteiger partial charge on any atom is 0.416 e. The van der Waals surface area contributed by atoms with E-state index >= 15 is 0 Å². The van der Waals surface area contributed by atoms with Gasteiger partial charge in [-0.3, -0.25) is 4.98 Å². The standard InChI is InChI=1S/C16H14F3N/c1-10-14(11-5-6-11)7-8-15(20-10)12-3-2-4-13(9-12)16(17,18)19/h2-4,7-9,11H,5-6H2,1H3. The highest BCUT2D eigenvalue weighted by Gasteiger charge is 2.30. The Labute approximate surface area is 115 Å². The number of hydrogen-bond donors (Lipinski definition) is 0. The Balaban J connectivity index is 1.98. The van der Waals surface area contributed by atoms with Crippen LogP contribution in [0.25, 0.3) is 11.3 Å². The molecule has 0 aliphatic heterocycles. The number of aryl methyl sites for hydroxylation is 1. The SMILES string of the molecule is Cc1nc(-c2cccc(C(F)(F)F)c2)ccc1C1CC1. The molecule has 1 aromatic carbocycles. The van der Waals surface area contributed by atoms with Crippen LogP contribution >= 0.6 is 0 Å². The first-order valence-electron chi connectivity index (χ1n) is 6.60. The molecule has 1 heterocycles. The van der Waals surface area contributed by atoms with Crippen LogP contribution < -0.4 is 0 Å². The van der Waals surface area contributed by atoms with E-state index in [2.05, 4.69) is 4.98 Å². The second-order valence-corrected chi connectivity index (χ2v) is 5.22. The van der Waals surface area contributed by atoms with Crippen molar-refractivity contribution in [3.63, 3.8) is 0 Å². The number of rotatable bonds is 2. The van der Waals surface area contributed by atoms with E-state index in [0.29, 0.717) is 17.2 Å². The van der Waals surface area contributed by atoms with Crippen molar-refractivity contribution in [3.05, 3.63) is 53.2 Å². The van der Waals surface area contributed by atoms with Gasteiger partial charge >= 0.3 is 6.18 Å². The van der Waals surface area contributed by atoms with Gasteiger partial charge in [-0.1, -0.05) is 18.2 Å². The lowest BCUT2D eigenvalue weighted by Gasteiger charge is -2.10. The summed E-state index contributed by atoms with van der Waals surface area (Å²) < 4.78 is 38.2. The van der Waals surface area contributed by atoms with E-state index in [1.54, 1.807) is 6.07 Å². The van der Waals surface area contributed by atoms with Crippen LogP contribution in [0.2, 0.25) is 0 Å². The quantitative estimate of drug-likeness (QED) is 0.756. The second kappa shape index (κ2) is 4.62. The van der Waals surface area contributed by atoms with Crippen LogP contribution in [0.1, 0.15) is 35.6 Å². The molecule has 1 saturated carbocycles. The molecule has 1 fully saturated rings. The van der Waals surface area contributed by atoms with Gasteiger partial charge in [0.25, 0.3) is 0 Å². The third-order valence-corrected chi connectivity index (χ3v) is 3.63. The highest BCUT2D eigenvalue weighted by molar-refractivity contribution is 5.61. The van der Waals surface area contributed by atoms with Gasteiger partial charge in [0.05, 0.1) is 11.3 Å².